The number of carbonyl (C=O) groups excluding carboxylic acids is 1. The SMILES string of the molecule is Cc1ccccc1OCC(=O)NNS(=O)(=O)c1cccc(F)c1. The zero-order chi connectivity index (χ0) is 16.9. The lowest BCUT2D eigenvalue weighted by molar-refractivity contribution is -0.123. The molecule has 0 radical (unpaired) electrons. The van der Waals surface area contributed by atoms with E-state index in [1.807, 2.05) is 29.3 Å². The van der Waals surface area contributed by atoms with Gasteiger partial charge < -0.3 is 4.74 Å². The van der Waals surface area contributed by atoms with Crippen molar-refractivity contribution in [3.63, 3.8) is 0 Å². The predicted molar refractivity (Wildman–Crippen MR) is 81.5 cm³/mol. The second-order valence-electron chi connectivity index (χ2n) is 4.67. The minimum Gasteiger partial charge on any atom is -0.483 e. The summed E-state index contributed by atoms with van der Waals surface area (Å²) in [7, 11) is -4.05. The molecule has 0 heterocycles. The van der Waals surface area contributed by atoms with Crippen molar-refractivity contribution in [1.82, 2.24) is 10.3 Å². The number of amides is 1. The van der Waals surface area contributed by atoms with Crippen molar-refractivity contribution in [3.8, 4) is 5.75 Å². The number of ether oxygens (including phenoxy) is 1. The first kappa shape index (κ1) is 16.9. The summed E-state index contributed by atoms with van der Waals surface area (Å²) in [6.07, 6.45) is 0. The van der Waals surface area contributed by atoms with Gasteiger partial charge in [0.1, 0.15) is 11.6 Å². The van der Waals surface area contributed by atoms with Gasteiger partial charge in [-0.05, 0) is 36.8 Å². The monoisotopic (exact) mass is 338 g/mol. The van der Waals surface area contributed by atoms with Gasteiger partial charge in [-0.3, -0.25) is 10.2 Å². The summed E-state index contributed by atoms with van der Waals surface area (Å²) in [5.41, 5.74) is 2.85. The molecule has 0 aliphatic carbocycles. The summed E-state index contributed by atoms with van der Waals surface area (Å²) in [5.74, 6) is -0.856. The van der Waals surface area contributed by atoms with Crippen LogP contribution in [0.1, 0.15) is 5.56 Å². The first-order chi connectivity index (χ1) is 10.9. The van der Waals surface area contributed by atoms with E-state index in [2.05, 4.69) is 0 Å². The predicted octanol–water partition coefficient (Wildman–Crippen LogP) is 1.52. The van der Waals surface area contributed by atoms with E-state index >= 15 is 0 Å². The van der Waals surface area contributed by atoms with Gasteiger partial charge >= 0.3 is 0 Å². The number of sulfonamides is 1. The van der Waals surface area contributed by atoms with Crippen molar-refractivity contribution >= 4 is 15.9 Å². The molecule has 0 aromatic heterocycles. The van der Waals surface area contributed by atoms with Crippen LogP contribution in [0.4, 0.5) is 4.39 Å². The molecule has 2 rings (SSSR count). The third-order valence-electron chi connectivity index (χ3n) is 2.88. The van der Waals surface area contributed by atoms with Crippen LogP contribution in [0, 0.1) is 12.7 Å². The van der Waals surface area contributed by atoms with Crippen molar-refractivity contribution in [2.24, 2.45) is 0 Å². The zero-order valence-electron chi connectivity index (χ0n) is 12.2. The third-order valence-corrected chi connectivity index (χ3v) is 4.13. The van der Waals surface area contributed by atoms with Crippen LogP contribution in [0.5, 0.6) is 5.75 Å². The molecule has 0 aliphatic heterocycles. The van der Waals surface area contributed by atoms with Crippen molar-refractivity contribution in [2.45, 2.75) is 11.8 Å². The molecule has 0 saturated carbocycles. The summed E-state index contributed by atoms with van der Waals surface area (Å²) in [6, 6.07) is 11.5. The van der Waals surface area contributed by atoms with Gasteiger partial charge in [0.2, 0.25) is 0 Å². The summed E-state index contributed by atoms with van der Waals surface area (Å²) >= 11 is 0. The smallest absolute Gasteiger partial charge is 0.272 e. The first-order valence-corrected chi connectivity index (χ1v) is 8.11. The van der Waals surface area contributed by atoms with E-state index in [0.717, 1.165) is 17.7 Å². The maximum Gasteiger partial charge on any atom is 0.272 e. The Balaban J connectivity index is 1.90. The van der Waals surface area contributed by atoms with Crippen molar-refractivity contribution < 1.29 is 22.3 Å². The van der Waals surface area contributed by atoms with Crippen molar-refractivity contribution in [1.29, 1.82) is 0 Å². The van der Waals surface area contributed by atoms with Gasteiger partial charge in [0.25, 0.3) is 15.9 Å². The molecule has 0 fully saturated rings. The van der Waals surface area contributed by atoms with Gasteiger partial charge in [0, 0.05) is 0 Å². The van der Waals surface area contributed by atoms with Gasteiger partial charge in [-0.2, -0.15) is 0 Å². The molecule has 0 spiro atoms. The van der Waals surface area contributed by atoms with Crippen molar-refractivity contribution in [3.05, 3.63) is 59.9 Å². The van der Waals surface area contributed by atoms with Crippen LogP contribution >= 0.6 is 0 Å². The second-order valence-corrected chi connectivity index (χ2v) is 6.35. The number of hydrazine groups is 1. The number of aryl methyl sites for hydroxylation is 1. The highest BCUT2D eigenvalue weighted by atomic mass is 32.2. The number of nitrogens with one attached hydrogen (secondary N) is 2. The lowest BCUT2D eigenvalue weighted by Crippen LogP contribution is -2.43. The fraction of sp³-hybridized carbons (Fsp3) is 0.133. The fourth-order valence-electron chi connectivity index (χ4n) is 1.71. The Morgan fingerprint density at radius 2 is 1.91 bits per heavy atom. The average Bonchev–Trinajstić information content (AvgIpc) is 2.52. The van der Waals surface area contributed by atoms with Gasteiger partial charge in [-0.1, -0.05) is 24.3 Å². The largest absolute Gasteiger partial charge is 0.483 e. The van der Waals surface area contributed by atoms with Crippen LogP contribution < -0.4 is 15.0 Å². The number of carbonyl (C=O) groups is 1. The maximum atomic E-state index is 13.0. The molecule has 122 valence electrons. The Morgan fingerprint density at radius 1 is 1.17 bits per heavy atom. The standard InChI is InChI=1S/C15H15FN2O4S/c1-11-5-2-3-8-14(11)22-10-15(19)17-18-23(20,21)13-7-4-6-12(16)9-13/h2-9,18H,10H2,1H3,(H,17,19). The average molecular weight is 338 g/mol. The Kier molecular flexibility index (Phi) is 5.30. The molecule has 0 atom stereocenters. The summed E-state index contributed by atoms with van der Waals surface area (Å²) < 4.78 is 42.1. The number of hydrogen-bond acceptors (Lipinski definition) is 4. The quantitative estimate of drug-likeness (QED) is 0.782. The lowest BCUT2D eigenvalue weighted by atomic mass is 10.2. The molecule has 6 nitrogen and oxygen atoms in total. The molecule has 1 amide bonds. The highest BCUT2D eigenvalue weighted by Crippen LogP contribution is 2.15. The van der Waals surface area contributed by atoms with Crippen LogP contribution in [0.3, 0.4) is 0 Å². The lowest BCUT2D eigenvalue weighted by Gasteiger charge is -2.10. The Labute approximate surface area is 133 Å². The molecule has 0 bridgehead atoms. The Morgan fingerprint density at radius 3 is 2.61 bits per heavy atom. The third kappa shape index (κ3) is 4.76. The van der Waals surface area contributed by atoms with E-state index in [0.29, 0.717) is 5.75 Å². The van der Waals surface area contributed by atoms with Gasteiger partial charge in [0.05, 0.1) is 4.90 Å². The zero-order valence-corrected chi connectivity index (χ0v) is 13.1. The second kappa shape index (κ2) is 7.21. The number of para-hydroxylation sites is 1. The summed E-state index contributed by atoms with van der Waals surface area (Å²) in [6.45, 7) is 1.45. The van der Waals surface area contributed by atoms with Gasteiger partial charge in [-0.15, -0.1) is 4.83 Å². The van der Waals surface area contributed by atoms with E-state index in [-0.39, 0.29) is 11.5 Å². The van der Waals surface area contributed by atoms with E-state index in [1.165, 1.54) is 12.1 Å². The molecule has 2 aromatic rings. The summed E-state index contributed by atoms with van der Waals surface area (Å²) in [5, 5.41) is 0. The van der Waals surface area contributed by atoms with E-state index in [1.54, 1.807) is 12.1 Å². The fourth-order valence-corrected chi connectivity index (χ4v) is 2.61. The number of benzene rings is 2. The molecule has 2 N–H and O–H groups in total. The molecule has 8 heteroatoms. The highest BCUT2D eigenvalue weighted by molar-refractivity contribution is 7.89. The minimum absolute atomic E-state index is 0.294. The maximum absolute atomic E-state index is 13.0. The molecule has 23 heavy (non-hydrogen) atoms. The van der Waals surface area contributed by atoms with Crippen LogP contribution in [-0.2, 0) is 14.8 Å². The van der Waals surface area contributed by atoms with E-state index in [9.17, 15) is 17.6 Å². The number of rotatable bonds is 6. The highest BCUT2D eigenvalue weighted by Gasteiger charge is 2.15. The molecular formula is C15H15FN2O4S. The van der Waals surface area contributed by atoms with E-state index < -0.39 is 21.7 Å². The summed E-state index contributed by atoms with van der Waals surface area (Å²) in [4.78, 5) is 13.2. The molecule has 0 saturated heterocycles. The Bertz CT molecular complexity index is 809. The van der Waals surface area contributed by atoms with E-state index in [4.69, 9.17) is 4.74 Å². The topological polar surface area (TPSA) is 84.5 Å². The molecule has 0 unspecified atom stereocenters. The normalized spacial score (nSPS) is 11.0. The molecular weight excluding hydrogens is 323 g/mol. The van der Waals surface area contributed by atoms with Gasteiger partial charge in [0.15, 0.2) is 6.61 Å². The first-order valence-electron chi connectivity index (χ1n) is 6.63. The minimum atomic E-state index is -4.05. The van der Waals surface area contributed by atoms with Crippen LogP contribution in [0.2, 0.25) is 0 Å². The van der Waals surface area contributed by atoms with Crippen LogP contribution in [0.25, 0.3) is 0 Å². The van der Waals surface area contributed by atoms with Crippen molar-refractivity contribution in [2.75, 3.05) is 6.61 Å². The van der Waals surface area contributed by atoms with Crippen LogP contribution in [0.15, 0.2) is 53.4 Å². The Hall–Kier alpha value is -2.45. The number of halogens is 1. The molecule has 0 aliphatic rings. The van der Waals surface area contributed by atoms with Gasteiger partial charge in [-0.25, -0.2) is 12.8 Å². The molecule has 2 aromatic carbocycles. The van der Waals surface area contributed by atoms with Crippen LogP contribution in [-0.4, -0.2) is 20.9 Å². The number of hydrogen-bond donors (Lipinski definition) is 2.